The summed E-state index contributed by atoms with van der Waals surface area (Å²) < 4.78 is 10.6. The van der Waals surface area contributed by atoms with Gasteiger partial charge in [0.2, 0.25) is 11.8 Å². The van der Waals surface area contributed by atoms with Crippen molar-refractivity contribution >= 4 is 23.6 Å². The molecule has 0 aliphatic carbocycles. The molecular weight excluding hydrogens is 316 g/mol. The van der Waals surface area contributed by atoms with Gasteiger partial charge in [-0.05, 0) is 24.6 Å². The third-order valence-corrected chi connectivity index (χ3v) is 5.14. The van der Waals surface area contributed by atoms with Crippen LogP contribution >= 0.6 is 11.8 Å². The van der Waals surface area contributed by atoms with E-state index in [0.717, 1.165) is 5.56 Å². The minimum atomic E-state index is -0.207. The van der Waals surface area contributed by atoms with Gasteiger partial charge in [-0.15, -0.1) is 11.8 Å². The van der Waals surface area contributed by atoms with E-state index in [1.54, 1.807) is 33.2 Å². The molecule has 1 heterocycles. The van der Waals surface area contributed by atoms with E-state index in [9.17, 15) is 9.59 Å². The van der Waals surface area contributed by atoms with Crippen LogP contribution in [0.1, 0.15) is 17.9 Å². The highest BCUT2D eigenvalue weighted by atomic mass is 32.2. The summed E-state index contributed by atoms with van der Waals surface area (Å²) in [4.78, 5) is 27.5. The first-order valence-electron chi connectivity index (χ1n) is 7.27. The highest BCUT2D eigenvalue weighted by Gasteiger charge is 2.39. The van der Waals surface area contributed by atoms with Gasteiger partial charge in [-0.25, -0.2) is 0 Å². The fourth-order valence-electron chi connectivity index (χ4n) is 2.39. The molecule has 1 fully saturated rings. The molecule has 0 bridgehead atoms. The van der Waals surface area contributed by atoms with Crippen LogP contribution in [0.5, 0.6) is 11.5 Å². The Labute approximate surface area is 140 Å². The van der Waals surface area contributed by atoms with Gasteiger partial charge in [0.05, 0.1) is 19.5 Å². The van der Waals surface area contributed by atoms with Gasteiger partial charge in [0.25, 0.3) is 0 Å². The van der Waals surface area contributed by atoms with Crippen LogP contribution in [0.25, 0.3) is 0 Å². The van der Waals surface area contributed by atoms with Crippen LogP contribution in [0, 0.1) is 0 Å². The quantitative estimate of drug-likeness (QED) is 0.819. The van der Waals surface area contributed by atoms with Crippen LogP contribution in [0.4, 0.5) is 0 Å². The van der Waals surface area contributed by atoms with Crippen molar-refractivity contribution < 1.29 is 19.1 Å². The van der Waals surface area contributed by atoms with E-state index in [4.69, 9.17) is 9.47 Å². The lowest BCUT2D eigenvalue weighted by Gasteiger charge is -2.25. The van der Waals surface area contributed by atoms with E-state index >= 15 is 0 Å². The Morgan fingerprint density at radius 3 is 2.48 bits per heavy atom. The van der Waals surface area contributed by atoms with E-state index in [-0.39, 0.29) is 29.0 Å². The number of likely N-dealkylation sites (N-methyl/N-ethyl adjacent to an activating group) is 1. The Morgan fingerprint density at radius 2 is 1.91 bits per heavy atom. The van der Waals surface area contributed by atoms with E-state index in [0.29, 0.717) is 11.5 Å². The zero-order valence-corrected chi connectivity index (χ0v) is 14.8. The Hall–Kier alpha value is -1.89. The van der Waals surface area contributed by atoms with Crippen LogP contribution in [-0.4, -0.2) is 61.7 Å². The lowest BCUT2D eigenvalue weighted by atomic mass is 10.1. The Morgan fingerprint density at radius 1 is 1.26 bits per heavy atom. The van der Waals surface area contributed by atoms with Crippen molar-refractivity contribution in [3.8, 4) is 11.5 Å². The number of nitrogens with zero attached hydrogens (tertiary/aromatic N) is 2. The first kappa shape index (κ1) is 17.5. The average molecular weight is 338 g/mol. The number of rotatable bonds is 5. The third-order valence-electron chi connectivity index (χ3n) is 3.74. The van der Waals surface area contributed by atoms with Gasteiger partial charge in [-0.1, -0.05) is 6.07 Å². The van der Waals surface area contributed by atoms with Gasteiger partial charge in [0.1, 0.15) is 11.9 Å². The summed E-state index contributed by atoms with van der Waals surface area (Å²) in [5, 5.41) is -0.385. The molecule has 0 aromatic heterocycles. The molecule has 2 rings (SSSR count). The van der Waals surface area contributed by atoms with Crippen LogP contribution < -0.4 is 9.47 Å². The number of carbonyl (C=O) groups excluding carboxylic acids is 2. The maximum Gasteiger partial charge on any atom is 0.241 e. The van der Waals surface area contributed by atoms with Gasteiger partial charge in [0, 0.05) is 14.1 Å². The molecule has 0 saturated carbocycles. The topological polar surface area (TPSA) is 59.1 Å². The number of hydrogen-bond donors (Lipinski definition) is 0. The van der Waals surface area contributed by atoms with E-state index in [1.807, 2.05) is 25.1 Å². The summed E-state index contributed by atoms with van der Waals surface area (Å²) in [6, 6.07) is 5.57. The Kier molecular flexibility index (Phi) is 5.41. The predicted molar refractivity (Wildman–Crippen MR) is 89.7 cm³/mol. The van der Waals surface area contributed by atoms with Gasteiger partial charge in [0.15, 0.2) is 11.5 Å². The lowest BCUT2D eigenvalue weighted by molar-refractivity contribution is -0.138. The largest absolute Gasteiger partial charge is 0.493 e. The Balaban J connectivity index is 2.32. The molecule has 23 heavy (non-hydrogen) atoms. The summed E-state index contributed by atoms with van der Waals surface area (Å²) in [6.45, 7) is 1.93. The molecule has 0 N–H and O–H groups in total. The summed E-state index contributed by atoms with van der Waals surface area (Å²) in [7, 11) is 6.52. The molecular formula is C16H22N2O4S. The van der Waals surface area contributed by atoms with Crippen molar-refractivity contribution in [3.63, 3.8) is 0 Å². The molecule has 126 valence electrons. The van der Waals surface area contributed by atoms with Gasteiger partial charge in [-0.3, -0.25) is 9.59 Å². The zero-order valence-electron chi connectivity index (χ0n) is 14.0. The molecule has 1 aromatic rings. The molecule has 1 aliphatic rings. The maximum absolute atomic E-state index is 12.4. The maximum atomic E-state index is 12.4. The zero-order chi connectivity index (χ0) is 17.1. The predicted octanol–water partition coefficient (Wildman–Crippen LogP) is 1.75. The number of benzene rings is 1. The van der Waals surface area contributed by atoms with Crippen molar-refractivity contribution in [1.82, 2.24) is 9.80 Å². The molecule has 2 unspecified atom stereocenters. The average Bonchev–Trinajstić information content (AvgIpc) is 2.82. The standard InChI is InChI=1S/C16H22N2O4S/c1-10-15(20)18(9-14(19)17(2)3)16(23-10)11-6-7-12(21-4)13(8-11)22-5/h6-8,10,16H,9H2,1-5H3. The number of thioether (sulfide) groups is 1. The van der Waals surface area contributed by atoms with Gasteiger partial charge < -0.3 is 19.3 Å². The van der Waals surface area contributed by atoms with Crippen molar-refractivity contribution in [2.75, 3.05) is 34.9 Å². The minimum Gasteiger partial charge on any atom is -0.493 e. The summed E-state index contributed by atoms with van der Waals surface area (Å²) >= 11 is 1.53. The Bertz CT molecular complexity index is 606. The molecule has 1 aliphatic heterocycles. The highest BCUT2D eigenvalue weighted by molar-refractivity contribution is 8.01. The second kappa shape index (κ2) is 7.12. The van der Waals surface area contributed by atoms with Crippen LogP contribution in [0.2, 0.25) is 0 Å². The second-order valence-corrected chi connectivity index (χ2v) is 6.93. The molecule has 1 aromatic carbocycles. The number of amides is 2. The lowest BCUT2D eigenvalue weighted by Crippen LogP contribution is -2.39. The molecule has 0 radical (unpaired) electrons. The van der Waals surface area contributed by atoms with Crippen LogP contribution in [0.3, 0.4) is 0 Å². The SMILES string of the molecule is COc1ccc(C2SC(C)C(=O)N2CC(=O)N(C)C)cc1OC. The summed E-state index contributed by atoms with van der Waals surface area (Å²) in [6.07, 6.45) is 0. The molecule has 7 heteroatoms. The monoisotopic (exact) mass is 338 g/mol. The van der Waals surface area contributed by atoms with E-state index in [2.05, 4.69) is 0 Å². The third kappa shape index (κ3) is 3.55. The molecule has 0 spiro atoms. The number of carbonyl (C=O) groups is 2. The molecule has 2 amide bonds. The summed E-state index contributed by atoms with van der Waals surface area (Å²) in [5.41, 5.74) is 0.914. The second-order valence-electron chi connectivity index (χ2n) is 5.50. The molecule has 6 nitrogen and oxygen atoms in total. The van der Waals surface area contributed by atoms with Gasteiger partial charge in [-0.2, -0.15) is 0 Å². The summed E-state index contributed by atoms with van der Waals surface area (Å²) in [5.74, 6) is 1.12. The number of methoxy groups -OCH3 is 2. The fourth-order valence-corrected chi connectivity index (χ4v) is 3.65. The van der Waals surface area contributed by atoms with Crippen LogP contribution in [0.15, 0.2) is 18.2 Å². The van der Waals surface area contributed by atoms with Crippen molar-refractivity contribution in [3.05, 3.63) is 23.8 Å². The van der Waals surface area contributed by atoms with Crippen molar-refractivity contribution in [2.24, 2.45) is 0 Å². The highest BCUT2D eigenvalue weighted by Crippen LogP contribution is 2.44. The van der Waals surface area contributed by atoms with E-state index < -0.39 is 0 Å². The normalized spacial score (nSPS) is 20.6. The minimum absolute atomic E-state index is 0.0232. The van der Waals surface area contributed by atoms with Crippen LogP contribution in [-0.2, 0) is 9.59 Å². The van der Waals surface area contributed by atoms with Crippen molar-refractivity contribution in [1.29, 1.82) is 0 Å². The number of hydrogen-bond acceptors (Lipinski definition) is 5. The van der Waals surface area contributed by atoms with Gasteiger partial charge >= 0.3 is 0 Å². The smallest absolute Gasteiger partial charge is 0.241 e. The van der Waals surface area contributed by atoms with E-state index in [1.165, 1.54) is 16.7 Å². The first-order valence-corrected chi connectivity index (χ1v) is 8.21. The molecule has 1 saturated heterocycles. The fraction of sp³-hybridized carbons (Fsp3) is 0.500. The first-order chi connectivity index (χ1) is 10.9. The van der Waals surface area contributed by atoms with Crippen molar-refractivity contribution in [2.45, 2.75) is 17.5 Å². The molecule has 2 atom stereocenters. The number of ether oxygens (including phenoxy) is 2.